The van der Waals surface area contributed by atoms with Gasteiger partial charge in [0.1, 0.15) is 0 Å². The van der Waals surface area contributed by atoms with Gasteiger partial charge in [-0.2, -0.15) is 10.2 Å². The van der Waals surface area contributed by atoms with Crippen molar-refractivity contribution in [3.63, 3.8) is 0 Å². The van der Waals surface area contributed by atoms with Gasteiger partial charge in [-0.15, -0.1) is 0 Å². The average molecular weight is 325 g/mol. The predicted octanol–water partition coefficient (Wildman–Crippen LogP) is 5.48. The topological polar surface area (TPSA) is 24.7 Å². The van der Waals surface area contributed by atoms with Crippen LogP contribution in [0, 0.1) is 46.3 Å². The normalized spacial score (nSPS) is 57.7. The minimum atomic E-state index is 0.438. The van der Waals surface area contributed by atoms with Crippen LogP contribution < -0.4 is 0 Å². The van der Waals surface area contributed by atoms with E-state index < -0.39 is 0 Å². The summed E-state index contributed by atoms with van der Waals surface area (Å²) >= 11 is 0. The molecule has 0 heterocycles. The van der Waals surface area contributed by atoms with Crippen molar-refractivity contribution in [2.45, 2.75) is 77.0 Å². The van der Waals surface area contributed by atoms with Crippen LogP contribution in [0.5, 0.6) is 0 Å². The second-order valence-corrected chi connectivity index (χ2v) is 11.0. The number of nitrogens with zero attached hydrogens (tertiary/aromatic N) is 2. The SMILES string of the molecule is C(=N/N=C/C12CC3CC(CC(C3)C1)C2)C12CC3CC(CC(C3)C1)C2. The van der Waals surface area contributed by atoms with Crippen molar-refractivity contribution < 1.29 is 0 Å². The van der Waals surface area contributed by atoms with Crippen LogP contribution in [-0.2, 0) is 0 Å². The Bertz CT molecular complexity index is 464. The molecule has 0 aliphatic heterocycles. The molecule has 8 fully saturated rings. The second-order valence-electron chi connectivity index (χ2n) is 11.0. The van der Waals surface area contributed by atoms with Crippen LogP contribution in [-0.4, -0.2) is 12.4 Å². The van der Waals surface area contributed by atoms with E-state index in [2.05, 4.69) is 22.6 Å². The molecule has 0 amide bonds. The van der Waals surface area contributed by atoms with Crippen LogP contribution in [0.2, 0.25) is 0 Å². The molecule has 0 N–H and O–H groups in total. The first-order valence-corrected chi connectivity index (χ1v) is 10.8. The fraction of sp³-hybridized carbons (Fsp3) is 0.909. The quantitative estimate of drug-likeness (QED) is 0.485. The minimum absolute atomic E-state index is 0.438. The standard InChI is InChI=1S/C22H32N2/c1-15-2-17-3-16(1)8-21(7-15,9-17)13-23-24-14-22-10-18-4-19(11-22)6-20(5-18)12-22/h13-20H,1-12H2/b23-13+,24-14?. The fourth-order valence-electron chi connectivity index (χ4n) is 8.98. The number of hydrogen-bond donors (Lipinski definition) is 0. The molecule has 24 heavy (non-hydrogen) atoms. The molecule has 8 bridgehead atoms. The maximum Gasteiger partial charge on any atom is 0.0332 e. The molecule has 0 aromatic rings. The van der Waals surface area contributed by atoms with E-state index in [0.29, 0.717) is 10.8 Å². The molecule has 0 aromatic heterocycles. The first-order chi connectivity index (χ1) is 11.7. The monoisotopic (exact) mass is 324 g/mol. The van der Waals surface area contributed by atoms with Crippen LogP contribution in [0.25, 0.3) is 0 Å². The molecule has 8 aliphatic rings. The summed E-state index contributed by atoms with van der Waals surface area (Å²) in [5.41, 5.74) is 0.876. The lowest BCUT2D eigenvalue weighted by Crippen LogP contribution is -2.47. The average Bonchev–Trinajstić information content (AvgIpc) is 2.49. The van der Waals surface area contributed by atoms with E-state index in [1.54, 1.807) is 0 Å². The summed E-state index contributed by atoms with van der Waals surface area (Å²) in [7, 11) is 0. The highest BCUT2D eigenvalue weighted by Gasteiger charge is 2.51. The van der Waals surface area contributed by atoms with Crippen molar-refractivity contribution in [3.05, 3.63) is 0 Å². The lowest BCUT2D eigenvalue weighted by molar-refractivity contribution is -0.0105. The van der Waals surface area contributed by atoms with Crippen LogP contribution >= 0.6 is 0 Å². The van der Waals surface area contributed by atoms with Crippen molar-refractivity contribution in [2.24, 2.45) is 56.5 Å². The Morgan fingerprint density at radius 1 is 0.458 bits per heavy atom. The molecule has 0 spiro atoms. The van der Waals surface area contributed by atoms with Crippen molar-refractivity contribution in [1.29, 1.82) is 0 Å². The molecule has 2 nitrogen and oxygen atoms in total. The highest BCUT2D eigenvalue weighted by Crippen LogP contribution is 2.60. The van der Waals surface area contributed by atoms with Crippen LogP contribution in [0.1, 0.15) is 77.0 Å². The zero-order valence-corrected chi connectivity index (χ0v) is 15.0. The third-order valence-corrected chi connectivity index (χ3v) is 8.90. The summed E-state index contributed by atoms with van der Waals surface area (Å²) in [5.74, 6) is 6.05. The van der Waals surface area contributed by atoms with Gasteiger partial charge < -0.3 is 0 Å². The zero-order valence-electron chi connectivity index (χ0n) is 15.0. The Morgan fingerprint density at radius 2 is 0.708 bits per heavy atom. The predicted molar refractivity (Wildman–Crippen MR) is 98.2 cm³/mol. The molecule has 0 unspecified atom stereocenters. The molecule has 8 rings (SSSR count). The molecule has 0 aromatic carbocycles. The molecule has 0 radical (unpaired) electrons. The highest BCUT2D eigenvalue weighted by molar-refractivity contribution is 5.70. The van der Waals surface area contributed by atoms with E-state index in [9.17, 15) is 0 Å². The summed E-state index contributed by atoms with van der Waals surface area (Å²) in [5, 5.41) is 9.36. The van der Waals surface area contributed by atoms with Gasteiger partial charge in [0.25, 0.3) is 0 Å². The van der Waals surface area contributed by atoms with Crippen molar-refractivity contribution in [1.82, 2.24) is 0 Å². The largest absolute Gasteiger partial charge is 0.163 e. The van der Waals surface area contributed by atoms with E-state index in [1.807, 2.05) is 0 Å². The van der Waals surface area contributed by atoms with Crippen LogP contribution in [0.15, 0.2) is 10.2 Å². The summed E-state index contributed by atoms with van der Waals surface area (Å²) in [6.45, 7) is 0. The smallest absolute Gasteiger partial charge is 0.0332 e. The first-order valence-electron chi connectivity index (χ1n) is 10.8. The van der Waals surface area contributed by atoms with Gasteiger partial charge in [0.15, 0.2) is 0 Å². The van der Waals surface area contributed by atoms with Gasteiger partial charge in [-0.3, -0.25) is 0 Å². The Hall–Kier alpha value is -0.660. The Kier molecular flexibility index (Phi) is 2.99. The second kappa shape index (κ2) is 4.95. The molecule has 130 valence electrons. The Morgan fingerprint density at radius 3 is 0.958 bits per heavy atom. The fourth-order valence-corrected chi connectivity index (χ4v) is 8.98. The number of hydrogen-bond acceptors (Lipinski definition) is 2. The van der Waals surface area contributed by atoms with E-state index in [4.69, 9.17) is 0 Å². The molecule has 8 saturated carbocycles. The molecule has 8 aliphatic carbocycles. The molecular weight excluding hydrogens is 292 g/mol. The molecule has 2 heteroatoms. The molecular formula is C22H32N2. The van der Waals surface area contributed by atoms with Gasteiger partial charge in [0.2, 0.25) is 0 Å². The zero-order chi connectivity index (χ0) is 15.8. The van der Waals surface area contributed by atoms with Gasteiger partial charge in [-0.1, -0.05) is 0 Å². The van der Waals surface area contributed by atoms with Crippen molar-refractivity contribution in [3.8, 4) is 0 Å². The molecule has 0 saturated heterocycles. The van der Waals surface area contributed by atoms with Gasteiger partial charge in [0, 0.05) is 23.3 Å². The maximum atomic E-state index is 4.68. The lowest BCUT2D eigenvalue weighted by Gasteiger charge is -2.55. The third kappa shape index (κ3) is 2.27. The Balaban J connectivity index is 1.18. The van der Waals surface area contributed by atoms with Gasteiger partial charge in [-0.05, 0) is 113 Å². The Labute approximate surface area is 146 Å². The summed E-state index contributed by atoms with van der Waals surface area (Å²) in [6.07, 6.45) is 22.2. The van der Waals surface area contributed by atoms with E-state index in [-0.39, 0.29) is 0 Å². The third-order valence-electron chi connectivity index (χ3n) is 8.90. The minimum Gasteiger partial charge on any atom is -0.163 e. The van der Waals surface area contributed by atoms with Gasteiger partial charge >= 0.3 is 0 Å². The van der Waals surface area contributed by atoms with E-state index in [0.717, 1.165) is 35.5 Å². The number of rotatable bonds is 3. The van der Waals surface area contributed by atoms with E-state index in [1.165, 1.54) is 77.0 Å². The van der Waals surface area contributed by atoms with Crippen molar-refractivity contribution >= 4 is 12.4 Å². The van der Waals surface area contributed by atoms with E-state index >= 15 is 0 Å². The lowest BCUT2D eigenvalue weighted by atomic mass is 9.50. The van der Waals surface area contributed by atoms with Gasteiger partial charge in [0.05, 0.1) is 0 Å². The van der Waals surface area contributed by atoms with Gasteiger partial charge in [-0.25, -0.2) is 0 Å². The summed E-state index contributed by atoms with van der Waals surface area (Å²) in [4.78, 5) is 0. The van der Waals surface area contributed by atoms with Crippen LogP contribution in [0.4, 0.5) is 0 Å². The summed E-state index contributed by atoms with van der Waals surface area (Å²) in [6, 6.07) is 0. The van der Waals surface area contributed by atoms with Crippen LogP contribution in [0.3, 0.4) is 0 Å². The molecule has 0 atom stereocenters. The van der Waals surface area contributed by atoms with Crippen molar-refractivity contribution in [2.75, 3.05) is 0 Å². The summed E-state index contributed by atoms with van der Waals surface area (Å²) < 4.78 is 0. The highest BCUT2D eigenvalue weighted by atomic mass is 15.2. The maximum absolute atomic E-state index is 4.68. The first kappa shape index (κ1) is 14.5.